The standard InChI is InChI=1S/C17H22F2N2OS/c18-15-1-2-16(19)14(11-15)12-20-5-3-13(4-6-20)17(22)21-7-9-23-10-8-21/h1-2,11,13H,3-10,12H2. The molecule has 0 radical (unpaired) electrons. The third-order valence-electron chi connectivity index (χ3n) is 4.66. The summed E-state index contributed by atoms with van der Waals surface area (Å²) in [5, 5.41) is 0. The molecule has 0 N–H and O–H groups in total. The van der Waals surface area contributed by atoms with Crippen LogP contribution in [0, 0.1) is 17.6 Å². The van der Waals surface area contributed by atoms with Crippen LogP contribution in [0.25, 0.3) is 0 Å². The number of amides is 1. The molecule has 2 aliphatic heterocycles. The van der Waals surface area contributed by atoms with Crippen LogP contribution in [-0.2, 0) is 11.3 Å². The van der Waals surface area contributed by atoms with Gasteiger partial charge in [-0.2, -0.15) is 11.8 Å². The van der Waals surface area contributed by atoms with Crippen molar-refractivity contribution in [1.29, 1.82) is 0 Å². The Morgan fingerprint density at radius 1 is 1.13 bits per heavy atom. The van der Waals surface area contributed by atoms with Crippen LogP contribution >= 0.6 is 11.8 Å². The lowest BCUT2D eigenvalue weighted by atomic mass is 9.95. The molecular formula is C17H22F2N2OS. The molecule has 0 aliphatic carbocycles. The number of likely N-dealkylation sites (tertiary alicyclic amines) is 1. The van der Waals surface area contributed by atoms with Crippen LogP contribution in [0.4, 0.5) is 8.78 Å². The summed E-state index contributed by atoms with van der Waals surface area (Å²) in [6.07, 6.45) is 1.61. The number of halogens is 2. The molecule has 0 unspecified atom stereocenters. The fourth-order valence-electron chi connectivity index (χ4n) is 3.29. The number of hydrogen-bond acceptors (Lipinski definition) is 3. The maximum absolute atomic E-state index is 13.7. The van der Waals surface area contributed by atoms with Crippen molar-refractivity contribution >= 4 is 17.7 Å². The number of benzene rings is 1. The molecule has 126 valence electrons. The summed E-state index contributed by atoms with van der Waals surface area (Å²) < 4.78 is 27.0. The van der Waals surface area contributed by atoms with Crippen molar-refractivity contribution in [2.45, 2.75) is 19.4 Å². The van der Waals surface area contributed by atoms with Gasteiger partial charge in [0.15, 0.2) is 0 Å². The van der Waals surface area contributed by atoms with Gasteiger partial charge in [-0.05, 0) is 44.1 Å². The highest BCUT2D eigenvalue weighted by atomic mass is 32.2. The van der Waals surface area contributed by atoms with Crippen molar-refractivity contribution < 1.29 is 13.6 Å². The highest BCUT2D eigenvalue weighted by molar-refractivity contribution is 7.99. The zero-order chi connectivity index (χ0) is 16.2. The second-order valence-electron chi connectivity index (χ2n) is 6.22. The van der Waals surface area contributed by atoms with Crippen LogP contribution < -0.4 is 0 Å². The van der Waals surface area contributed by atoms with E-state index in [1.807, 2.05) is 16.7 Å². The molecule has 0 saturated carbocycles. The lowest BCUT2D eigenvalue weighted by Crippen LogP contribution is -2.45. The number of hydrogen-bond donors (Lipinski definition) is 0. The number of nitrogens with zero attached hydrogens (tertiary/aromatic N) is 2. The van der Waals surface area contributed by atoms with Gasteiger partial charge in [-0.25, -0.2) is 8.78 Å². The molecular weight excluding hydrogens is 318 g/mol. The Hall–Kier alpha value is -1.14. The molecule has 3 rings (SSSR count). The first-order chi connectivity index (χ1) is 11.1. The molecule has 0 spiro atoms. The molecule has 2 heterocycles. The summed E-state index contributed by atoms with van der Waals surface area (Å²) in [4.78, 5) is 16.6. The van der Waals surface area contributed by atoms with E-state index in [0.29, 0.717) is 12.1 Å². The number of carbonyl (C=O) groups excluding carboxylic acids is 1. The van der Waals surface area contributed by atoms with Gasteiger partial charge in [0.25, 0.3) is 0 Å². The fraction of sp³-hybridized carbons (Fsp3) is 0.588. The van der Waals surface area contributed by atoms with Crippen LogP contribution in [0.5, 0.6) is 0 Å². The van der Waals surface area contributed by atoms with E-state index in [1.165, 1.54) is 12.1 Å². The van der Waals surface area contributed by atoms with E-state index in [1.54, 1.807) is 0 Å². The van der Waals surface area contributed by atoms with Gasteiger partial charge >= 0.3 is 0 Å². The zero-order valence-electron chi connectivity index (χ0n) is 13.1. The van der Waals surface area contributed by atoms with E-state index >= 15 is 0 Å². The molecule has 0 bridgehead atoms. The summed E-state index contributed by atoms with van der Waals surface area (Å²) in [6.45, 7) is 3.64. The number of carbonyl (C=O) groups is 1. The monoisotopic (exact) mass is 340 g/mol. The Balaban J connectivity index is 1.52. The molecule has 1 amide bonds. The van der Waals surface area contributed by atoms with Crippen molar-refractivity contribution in [3.63, 3.8) is 0 Å². The van der Waals surface area contributed by atoms with Gasteiger partial charge in [0.05, 0.1) is 0 Å². The first-order valence-electron chi connectivity index (χ1n) is 8.16. The molecule has 1 aromatic rings. The van der Waals surface area contributed by atoms with Gasteiger partial charge in [-0.15, -0.1) is 0 Å². The molecule has 2 aliphatic rings. The van der Waals surface area contributed by atoms with Gasteiger partial charge in [0, 0.05) is 42.6 Å². The minimum atomic E-state index is -0.408. The predicted molar refractivity (Wildman–Crippen MR) is 88.3 cm³/mol. The van der Waals surface area contributed by atoms with Crippen LogP contribution in [0.15, 0.2) is 18.2 Å². The maximum atomic E-state index is 13.7. The van der Waals surface area contributed by atoms with E-state index in [0.717, 1.165) is 56.6 Å². The summed E-state index contributed by atoms with van der Waals surface area (Å²) in [5.41, 5.74) is 0.392. The second kappa shape index (κ2) is 7.62. The summed E-state index contributed by atoms with van der Waals surface area (Å²) in [7, 11) is 0. The Bertz CT molecular complexity index is 556. The average molecular weight is 340 g/mol. The minimum Gasteiger partial charge on any atom is -0.341 e. The first-order valence-corrected chi connectivity index (χ1v) is 9.32. The van der Waals surface area contributed by atoms with Crippen LogP contribution in [-0.4, -0.2) is 53.4 Å². The Morgan fingerprint density at radius 3 is 2.52 bits per heavy atom. The fourth-order valence-corrected chi connectivity index (χ4v) is 4.19. The quantitative estimate of drug-likeness (QED) is 0.845. The molecule has 6 heteroatoms. The van der Waals surface area contributed by atoms with Crippen LogP contribution in [0.1, 0.15) is 18.4 Å². The predicted octanol–water partition coefficient (Wildman–Crippen LogP) is 2.75. The van der Waals surface area contributed by atoms with E-state index in [9.17, 15) is 13.6 Å². The van der Waals surface area contributed by atoms with E-state index in [-0.39, 0.29) is 17.6 Å². The van der Waals surface area contributed by atoms with Gasteiger partial charge in [-0.1, -0.05) is 0 Å². The summed E-state index contributed by atoms with van der Waals surface area (Å²) >= 11 is 1.90. The average Bonchev–Trinajstić information content (AvgIpc) is 2.59. The minimum absolute atomic E-state index is 0.0895. The van der Waals surface area contributed by atoms with Crippen LogP contribution in [0.2, 0.25) is 0 Å². The third-order valence-corrected chi connectivity index (χ3v) is 5.60. The number of piperidine rings is 1. The molecule has 0 atom stereocenters. The van der Waals surface area contributed by atoms with Gasteiger partial charge < -0.3 is 4.90 Å². The molecule has 2 saturated heterocycles. The van der Waals surface area contributed by atoms with E-state index in [4.69, 9.17) is 0 Å². The van der Waals surface area contributed by atoms with Crippen molar-refractivity contribution in [2.24, 2.45) is 5.92 Å². The first kappa shape index (κ1) is 16.7. The number of thioether (sulfide) groups is 1. The third kappa shape index (κ3) is 4.23. The Kier molecular flexibility index (Phi) is 5.54. The van der Waals surface area contributed by atoms with Crippen molar-refractivity contribution in [3.8, 4) is 0 Å². The SMILES string of the molecule is O=C(C1CCN(Cc2cc(F)ccc2F)CC1)N1CCSCC1. The normalized spacial score (nSPS) is 20.7. The van der Waals surface area contributed by atoms with Gasteiger partial charge in [0.1, 0.15) is 11.6 Å². The second-order valence-corrected chi connectivity index (χ2v) is 7.45. The Morgan fingerprint density at radius 2 is 1.83 bits per heavy atom. The Labute approximate surface area is 140 Å². The van der Waals surface area contributed by atoms with Crippen LogP contribution in [0.3, 0.4) is 0 Å². The van der Waals surface area contributed by atoms with Crippen molar-refractivity contribution in [3.05, 3.63) is 35.4 Å². The lowest BCUT2D eigenvalue weighted by molar-refractivity contribution is -0.136. The van der Waals surface area contributed by atoms with E-state index in [2.05, 4.69) is 4.90 Å². The highest BCUT2D eigenvalue weighted by Crippen LogP contribution is 2.23. The van der Waals surface area contributed by atoms with E-state index < -0.39 is 5.82 Å². The summed E-state index contributed by atoms with van der Waals surface area (Å²) in [6, 6.07) is 3.58. The summed E-state index contributed by atoms with van der Waals surface area (Å²) in [5.74, 6) is 1.66. The largest absolute Gasteiger partial charge is 0.341 e. The van der Waals surface area contributed by atoms with Crippen molar-refractivity contribution in [2.75, 3.05) is 37.7 Å². The van der Waals surface area contributed by atoms with Gasteiger partial charge in [-0.3, -0.25) is 9.69 Å². The highest BCUT2D eigenvalue weighted by Gasteiger charge is 2.29. The topological polar surface area (TPSA) is 23.6 Å². The molecule has 1 aromatic carbocycles. The molecule has 0 aromatic heterocycles. The zero-order valence-corrected chi connectivity index (χ0v) is 14.0. The molecule has 23 heavy (non-hydrogen) atoms. The van der Waals surface area contributed by atoms with Gasteiger partial charge in [0.2, 0.25) is 5.91 Å². The van der Waals surface area contributed by atoms with Crippen molar-refractivity contribution in [1.82, 2.24) is 9.80 Å². The maximum Gasteiger partial charge on any atom is 0.225 e. The smallest absolute Gasteiger partial charge is 0.225 e. The molecule has 3 nitrogen and oxygen atoms in total. The molecule has 2 fully saturated rings. The number of rotatable bonds is 3. The lowest BCUT2D eigenvalue weighted by Gasteiger charge is -2.35.